The van der Waals surface area contributed by atoms with Gasteiger partial charge in [0.15, 0.2) is 0 Å². The molecular formula is C8H8N2O6. The van der Waals surface area contributed by atoms with Gasteiger partial charge in [-0.05, 0) is 0 Å². The maximum Gasteiger partial charge on any atom is 0.328 e. The number of amides is 2. The molecule has 4 N–H and O–H groups in total. The summed E-state index contributed by atoms with van der Waals surface area (Å²) in [5, 5.41) is 16.3. The second-order valence-corrected chi connectivity index (χ2v) is 2.32. The molecule has 0 saturated carbocycles. The molecule has 0 unspecified atom stereocenters. The highest BCUT2D eigenvalue weighted by molar-refractivity contribution is 5.97. The van der Waals surface area contributed by atoms with Gasteiger partial charge in [0.25, 0.3) is 11.8 Å². The lowest BCUT2D eigenvalue weighted by Crippen LogP contribution is -2.40. The van der Waals surface area contributed by atoms with Gasteiger partial charge in [0, 0.05) is 24.3 Å². The standard InChI is InChI=1S/C8H8N2O6/c11-5(1-3-7(13)14)9-10-6(12)2-4-8(15)16/h1-4H,(H,9,11)(H,10,12)(H,13,14)(H,15,16)/b3-1-,4-2-. The lowest BCUT2D eigenvalue weighted by molar-refractivity contribution is -0.132. The van der Waals surface area contributed by atoms with E-state index in [4.69, 9.17) is 10.2 Å². The van der Waals surface area contributed by atoms with Crippen molar-refractivity contribution in [3.8, 4) is 0 Å². The molecule has 0 spiro atoms. The van der Waals surface area contributed by atoms with E-state index in [1.54, 1.807) is 0 Å². The molecule has 8 heteroatoms. The van der Waals surface area contributed by atoms with Crippen LogP contribution in [0, 0.1) is 0 Å². The summed E-state index contributed by atoms with van der Waals surface area (Å²) in [6.45, 7) is 0. The van der Waals surface area contributed by atoms with Crippen molar-refractivity contribution in [2.75, 3.05) is 0 Å². The van der Waals surface area contributed by atoms with Crippen LogP contribution in [0.1, 0.15) is 0 Å². The molecule has 0 aliphatic carbocycles. The van der Waals surface area contributed by atoms with Crippen LogP contribution in [0.3, 0.4) is 0 Å². The summed E-state index contributed by atoms with van der Waals surface area (Å²) in [7, 11) is 0. The molecule has 0 fully saturated rings. The molecule has 0 rings (SSSR count). The van der Waals surface area contributed by atoms with Gasteiger partial charge in [0.05, 0.1) is 0 Å². The van der Waals surface area contributed by atoms with Gasteiger partial charge >= 0.3 is 11.9 Å². The molecule has 0 aliphatic rings. The Morgan fingerprint density at radius 2 is 1.00 bits per heavy atom. The van der Waals surface area contributed by atoms with E-state index in [2.05, 4.69) is 0 Å². The van der Waals surface area contributed by atoms with Gasteiger partial charge in [-0.3, -0.25) is 20.4 Å². The fourth-order valence-electron chi connectivity index (χ4n) is 0.500. The molecule has 8 nitrogen and oxygen atoms in total. The third-order valence-corrected chi connectivity index (χ3v) is 1.06. The maximum atomic E-state index is 10.8. The predicted octanol–water partition coefficient (Wildman–Crippen LogP) is -1.58. The smallest absolute Gasteiger partial charge is 0.328 e. The highest BCUT2D eigenvalue weighted by Gasteiger charge is 1.99. The summed E-state index contributed by atoms with van der Waals surface area (Å²) < 4.78 is 0. The Morgan fingerprint density at radius 3 is 1.25 bits per heavy atom. The van der Waals surface area contributed by atoms with Crippen LogP contribution in [-0.4, -0.2) is 34.0 Å². The quantitative estimate of drug-likeness (QED) is 0.339. The van der Waals surface area contributed by atoms with E-state index in [0.717, 1.165) is 0 Å². The largest absolute Gasteiger partial charge is 0.478 e. The third-order valence-electron chi connectivity index (χ3n) is 1.06. The first-order valence-electron chi connectivity index (χ1n) is 3.84. The highest BCUT2D eigenvalue weighted by atomic mass is 16.4. The average Bonchev–Trinajstić information content (AvgIpc) is 2.20. The summed E-state index contributed by atoms with van der Waals surface area (Å²) in [4.78, 5) is 41.5. The van der Waals surface area contributed by atoms with Gasteiger partial charge in [-0.1, -0.05) is 0 Å². The lowest BCUT2D eigenvalue weighted by Gasteiger charge is -2.00. The number of carbonyl (C=O) groups excluding carboxylic acids is 2. The second kappa shape index (κ2) is 6.76. The fraction of sp³-hybridized carbons (Fsp3) is 0. The number of hydrazine groups is 1. The molecule has 86 valence electrons. The van der Waals surface area contributed by atoms with E-state index in [1.807, 2.05) is 10.9 Å². The van der Waals surface area contributed by atoms with Crippen LogP contribution in [0.15, 0.2) is 24.3 Å². The fourth-order valence-corrected chi connectivity index (χ4v) is 0.500. The Bertz CT molecular complexity index is 335. The number of rotatable bonds is 4. The van der Waals surface area contributed by atoms with E-state index < -0.39 is 23.8 Å². The SMILES string of the molecule is O=C(O)/C=C\C(=O)NNC(=O)/C=C\C(=O)O. The van der Waals surface area contributed by atoms with E-state index in [0.29, 0.717) is 24.3 Å². The normalized spacial score (nSPS) is 10.2. The Kier molecular flexibility index (Phi) is 5.65. The summed E-state index contributed by atoms with van der Waals surface area (Å²) in [6.07, 6.45) is 2.52. The Balaban J connectivity index is 3.97. The number of nitrogens with one attached hydrogen (secondary N) is 2. The van der Waals surface area contributed by atoms with Crippen LogP contribution in [0.5, 0.6) is 0 Å². The number of hydrogen-bond donors (Lipinski definition) is 4. The highest BCUT2D eigenvalue weighted by Crippen LogP contribution is 1.75. The van der Waals surface area contributed by atoms with Gasteiger partial charge in [-0.15, -0.1) is 0 Å². The van der Waals surface area contributed by atoms with Gasteiger partial charge in [0.2, 0.25) is 0 Å². The molecule has 0 bridgehead atoms. The topological polar surface area (TPSA) is 133 Å². The summed E-state index contributed by atoms with van der Waals surface area (Å²) >= 11 is 0. The van der Waals surface area contributed by atoms with Crippen LogP contribution >= 0.6 is 0 Å². The Morgan fingerprint density at radius 1 is 0.688 bits per heavy atom. The molecule has 0 heterocycles. The summed E-state index contributed by atoms with van der Waals surface area (Å²) in [5.41, 5.74) is 3.66. The monoisotopic (exact) mass is 228 g/mol. The van der Waals surface area contributed by atoms with Crippen LogP contribution in [-0.2, 0) is 19.2 Å². The molecule has 2 amide bonds. The summed E-state index contributed by atoms with van der Waals surface area (Å²) in [5.74, 6) is -4.35. The van der Waals surface area contributed by atoms with Gasteiger partial charge in [-0.2, -0.15) is 0 Å². The summed E-state index contributed by atoms with van der Waals surface area (Å²) in [6, 6.07) is 0. The van der Waals surface area contributed by atoms with Crippen LogP contribution in [0.4, 0.5) is 0 Å². The zero-order valence-electron chi connectivity index (χ0n) is 7.84. The first kappa shape index (κ1) is 13.4. The molecule has 0 aromatic heterocycles. The molecule has 0 atom stereocenters. The van der Waals surface area contributed by atoms with E-state index in [9.17, 15) is 19.2 Å². The molecule has 0 aromatic carbocycles. The van der Waals surface area contributed by atoms with Crippen molar-refractivity contribution in [3.05, 3.63) is 24.3 Å². The number of hydrogen-bond acceptors (Lipinski definition) is 4. The minimum Gasteiger partial charge on any atom is -0.478 e. The number of aliphatic carboxylic acids is 2. The number of carbonyl (C=O) groups is 4. The molecule has 16 heavy (non-hydrogen) atoms. The first-order chi connectivity index (χ1) is 7.41. The first-order valence-corrected chi connectivity index (χ1v) is 3.84. The van der Waals surface area contributed by atoms with Crippen molar-refractivity contribution in [2.45, 2.75) is 0 Å². The molecular weight excluding hydrogens is 220 g/mol. The van der Waals surface area contributed by atoms with Crippen molar-refractivity contribution in [3.63, 3.8) is 0 Å². The number of carboxylic acids is 2. The third kappa shape index (κ3) is 7.98. The molecule has 0 aliphatic heterocycles. The minimum absolute atomic E-state index is 0.578. The molecule has 0 radical (unpaired) electrons. The van der Waals surface area contributed by atoms with Gasteiger partial charge in [0.1, 0.15) is 0 Å². The van der Waals surface area contributed by atoms with Crippen molar-refractivity contribution in [2.24, 2.45) is 0 Å². The van der Waals surface area contributed by atoms with Gasteiger partial charge < -0.3 is 10.2 Å². The maximum absolute atomic E-state index is 10.8. The predicted molar refractivity (Wildman–Crippen MR) is 49.8 cm³/mol. The van der Waals surface area contributed by atoms with Crippen molar-refractivity contribution < 1.29 is 29.4 Å². The van der Waals surface area contributed by atoms with Crippen LogP contribution in [0.2, 0.25) is 0 Å². The molecule has 0 aromatic rings. The van der Waals surface area contributed by atoms with Crippen molar-refractivity contribution in [1.29, 1.82) is 0 Å². The van der Waals surface area contributed by atoms with Crippen LogP contribution < -0.4 is 10.9 Å². The zero-order chi connectivity index (χ0) is 12.6. The average molecular weight is 228 g/mol. The lowest BCUT2D eigenvalue weighted by atomic mass is 10.5. The number of carboxylic acid groups (broad SMARTS) is 2. The van der Waals surface area contributed by atoms with E-state index in [1.165, 1.54) is 0 Å². The second-order valence-electron chi connectivity index (χ2n) is 2.32. The Hall–Kier alpha value is -2.64. The zero-order valence-corrected chi connectivity index (χ0v) is 7.84. The van der Waals surface area contributed by atoms with Crippen molar-refractivity contribution >= 4 is 23.8 Å². The van der Waals surface area contributed by atoms with E-state index in [-0.39, 0.29) is 0 Å². The van der Waals surface area contributed by atoms with E-state index >= 15 is 0 Å². The molecule has 0 saturated heterocycles. The van der Waals surface area contributed by atoms with Crippen molar-refractivity contribution in [1.82, 2.24) is 10.9 Å². The Labute approximate surface area is 89.2 Å². The minimum atomic E-state index is -1.31. The van der Waals surface area contributed by atoms with Gasteiger partial charge in [-0.25, -0.2) is 9.59 Å². The van der Waals surface area contributed by atoms with Crippen LogP contribution in [0.25, 0.3) is 0 Å².